The molecule has 2 unspecified atom stereocenters. The minimum atomic E-state index is -0.809. The Morgan fingerprint density at radius 1 is 0.977 bits per heavy atom. The zero-order valence-corrected chi connectivity index (χ0v) is 27.6. The van der Waals surface area contributed by atoms with Gasteiger partial charge in [0.25, 0.3) is 0 Å². The van der Waals surface area contributed by atoms with Crippen LogP contribution in [0.1, 0.15) is 111 Å². The number of methoxy groups -OCH3 is 1. The highest BCUT2D eigenvalue weighted by molar-refractivity contribution is 5.87. The Labute approximate surface area is 258 Å². The number of benzene rings is 1. The lowest BCUT2D eigenvalue weighted by atomic mass is 10.0. The number of aliphatic hydroxyl groups is 1. The normalized spacial score (nSPS) is 17.2. The molecule has 0 aliphatic carbocycles. The van der Waals surface area contributed by atoms with E-state index in [-0.39, 0.29) is 24.8 Å². The van der Waals surface area contributed by atoms with Crippen molar-refractivity contribution in [3.8, 4) is 0 Å². The average molecular weight is 610 g/mol. The van der Waals surface area contributed by atoms with Crippen molar-refractivity contribution in [2.24, 2.45) is 0 Å². The van der Waals surface area contributed by atoms with Gasteiger partial charge in [0.2, 0.25) is 0 Å². The molecule has 246 valence electrons. The smallest absolute Gasteiger partial charge is 0.417 e. The van der Waals surface area contributed by atoms with Crippen LogP contribution < -0.4 is 5.32 Å². The number of nitrogens with one attached hydrogen (secondary N) is 1. The SMILES string of the molecule is CC(C)(C)OC(=O)NC(=O)OC(C)(C)C.CC/C=C/CO.COC1CCCCCC(=O)OC(C)C1.O=Cc1ccccc1. The van der Waals surface area contributed by atoms with Crippen LogP contribution >= 0.6 is 0 Å². The topological polar surface area (TPSA) is 137 Å². The molecular formula is C33H55NO9. The molecular weight excluding hydrogens is 554 g/mol. The number of hydrogen-bond acceptors (Lipinski definition) is 9. The van der Waals surface area contributed by atoms with Gasteiger partial charge >= 0.3 is 18.2 Å². The highest BCUT2D eigenvalue weighted by Gasteiger charge is 2.22. The maximum Gasteiger partial charge on any atom is 0.417 e. The second-order valence-corrected chi connectivity index (χ2v) is 11.7. The van der Waals surface area contributed by atoms with Crippen molar-refractivity contribution in [1.82, 2.24) is 5.32 Å². The van der Waals surface area contributed by atoms with Gasteiger partial charge in [0, 0.05) is 25.5 Å². The van der Waals surface area contributed by atoms with E-state index in [4.69, 9.17) is 24.1 Å². The Bertz CT molecular complexity index is 887. The fourth-order valence-electron chi connectivity index (χ4n) is 3.32. The van der Waals surface area contributed by atoms with Crippen LogP contribution in [0, 0.1) is 0 Å². The molecule has 1 aromatic rings. The van der Waals surface area contributed by atoms with E-state index in [9.17, 15) is 19.2 Å². The van der Waals surface area contributed by atoms with Gasteiger partial charge in [-0.1, -0.05) is 62.2 Å². The van der Waals surface area contributed by atoms with Gasteiger partial charge in [-0.2, -0.15) is 0 Å². The van der Waals surface area contributed by atoms with E-state index in [1.165, 1.54) is 0 Å². The van der Waals surface area contributed by atoms with Crippen molar-refractivity contribution < 1.29 is 43.2 Å². The summed E-state index contributed by atoms with van der Waals surface area (Å²) in [4.78, 5) is 43.5. The third-order valence-corrected chi connectivity index (χ3v) is 5.11. The Balaban J connectivity index is 0. The number of carbonyl (C=O) groups excluding carboxylic acids is 4. The summed E-state index contributed by atoms with van der Waals surface area (Å²) in [5.41, 5.74) is -0.537. The van der Waals surface area contributed by atoms with Gasteiger partial charge in [0.1, 0.15) is 23.6 Å². The van der Waals surface area contributed by atoms with Gasteiger partial charge in [0.05, 0.1) is 12.7 Å². The van der Waals surface area contributed by atoms with Crippen LogP contribution in [0.25, 0.3) is 0 Å². The van der Waals surface area contributed by atoms with E-state index in [1.54, 1.807) is 66.9 Å². The van der Waals surface area contributed by atoms with Crippen LogP contribution in [-0.4, -0.2) is 66.7 Å². The van der Waals surface area contributed by atoms with E-state index in [0.717, 1.165) is 50.4 Å². The Kier molecular flexibility index (Phi) is 23.6. The summed E-state index contributed by atoms with van der Waals surface area (Å²) >= 11 is 0. The minimum Gasteiger partial charge on any atom is -0.463 e. The molecule has 0 bridgehead atoms. The molecule has 0 radical (unpaired) electrons. The molecule has 43 heavy (non-hydrogen) atoms. The van der Waals surface area contributed by atoms with E-state index in [2.05, 4.69) is 0 Å². The number of aldehydes is 1. The number of amides is 2. The van der Waals surface area contributed by atoms with Gasteiger partial charge in [-0.3, -0.25) is 9.59 Å². The Hall–Kier alpha value is -3.24. The van der Waals surface area contributed by atoms with Crippen LogP contribution in [-0.2, 0) is 23.7 Å². The summed E-state index contributed by atoms with van der Waals surface area (Å²) in [5, 5.41) is 10.1. The maximum atomic E-state index is 11.2. The molecule has 10 heteroatoms. The largest absolute Gasteiger partial charge is 0.463 e. The highest BCUT2D eigenvalue weighted by Crippen LogP contribution is 2.17. The van der Waals surface area contributed by atoms with Gasteiger partial charge in [-0.25, -0.2) is 14.9 Å². The lowest BCUT2D eigenvalue weighted by Gasteiger charge is -2.22. The molecule has 1 aliphatic heterocycles. The summed E-state index contributed by atoms with van der Waals surface area (Å²) in [5.74, 6) is -0.0609. The summed E-state index contributed by atoms with van der Waals surface area (Å²) in [7, 11) is 1.73. The summed E-state index contributed by atoms with van der Waals surface area (Å²) in [6, 6.07) is 9.10. The van der Waals surface area contributed by atoms with Gasteiger partial charge < -0.3 is 24.1 Å². The molecule has 2 amide bonds. The number of rotatable bonds is 4. The molecule has 1 aliphatic rings. The first kappa shape index (κ1) is 41.9. The fraction of sp³-hybridized carbons (Fsp3) is 0.636. The van der Waals surface area contributed by atoms with Gasteiger partial charge in [0.15, 0.2) is 0 Å². The van der Waals surface area contributed by atoms with Crippen molar-refractivity contribution >= 4 is 24.4 Å². The number of esters is 1. The van der Waals surface area contributed by atoms with Crippen LogP contribution in [0.4, 0.5) is 9.59 Å². The first-order chi connectivity index (χ1) is 20.1. The van der Waals surface area contributed by atoms with E-state index in [0.29, 0.717) is 6.42 Å². The Morgan fingerprint density at radius 2 is 1.53 bits per heavy atom. The molecule has 0 aromatic heterocycles. The van der Waals surface area contributed by atoms with Crippen molar-refractivity contribution in [3.63, 3.8) is 0 Å². The number of ether oxygens (including phenoxy) is 4. The van der Waals surface area contributed by atoms with Crippen molar-refractivity contribution in [2.75, 3.05) is 13.7 Å². The Morgan fingerprint density at radius 3 is 1.93 bits per heavy atom. The van der Waals surface area contributed by atoms with E-state index in [1.807, 2.05) is 43.4 Å². The number of cyclic esters (lactones) is 1. The number of allylic oxidation sites excluding steroid dienone is 1. The monoisotopic (exact) mass is 609 g/mol. The maximum absolute atomic E-state index is 11.2. The quantitative estimate of drug-likeness (QED) is 0.157. The molecule has 0 spiro atoms. The lowest BCUT2D eigenvalue weighted by molar-refractivity contribution is -0.150. The van der Waals surface area contributed by atoms with Crippen LogP contribution in [0.2, 0.25) is 0 Å². The highest BCUT2D eigenvalue weighted by atomic mass is 16.6. The predicted molar refractivity (Wildman–Crippen MR) is 168 cm³/mol. The van der Waals surface area contributed by atoms with E-state index < -0.39 is 23.4 Å². The number of carbonyl (C=O) groups is 4. The molecule has 1 aromatic carbocycles. The van der Waals surface area contributed by atoms with E-state index >= 15 is 0 Å². The van der Waals surface area contributed by atoms with Crippen molar-refractivity contribution in [3.05, 3.63) is 48.0 Å². The first-order valence-corrected chi connectivity index (χ1v) is 14.8. The molecule has 1 fully saturated rings. The molecule has 2 N–H and O–H groups in total. The van der Waals surface area contributed by atoms with Crippen LogP contribution in [0.5, 0.6) is 0 Å². The predicted octanol–water partition coefficient (Wildman–Crippen LogP) is 7.18. The summed E-state index contributed by atoms with van der Waals surface area (Å²) < 4.78 is 20.3. The third-order valence-electron chi connectivity index (χ3n) is 5.11. The molecule has 0 saturated carbocycles. The average Bonchev–Trinajstić information content (AvgIpc) is 2.90. The van der Waals surface area contributed by atoms with Crippen molar-refractivity contribution in [1.29, 1.82) is 0 Å². The number of imide groups is 1. The number of aliphatic hydroxyl groups excluding tert-OH is 1. The van der Waals surface area contributed by atoms with Crippen LogP contribution in [0.3, 0.4) is 0 Å². The second kappa shape index (κ2) is 24.2. The fourth-order valence-corrected chi connectivity index (χ4v) is 3.32. The number of alkyl carbamates (subject to hydrolysis) is 2. The van der Waals surface area contributed by atoms with Gasteiger partial charge in [-0.05, 0) is 67.7 Å². The standard InChI is InChI=1S/C11H20O3.C10H19NO4.C7H6O.C5H10O/c1-9-8-10(13-2)6-4-3-5-7-11(12)14-9;1-9(2,3)14-7(12)11-8(13)15-10(4,5)6;8-6-7-4-2-1-3-5-7;1-2-3-4-5-6/h9-10H,3-8H2,1-2H3;1-6H3,(H,11,12,13);1-6H;3-4,6H,2,5H2,1H3/b;;;4-3+. The third kappa shape index (κ3) is 30.0. The van der Waals surface area contributed by atoms with Gasteiger partial charge in [-0.15, -0.1) is 0 Å². The molecule has 1 heterocycles. The molecule has 1 saturated heterocycles. The zero-order chi connectivity index (χ0) is 33.3. The summed E-state index contributed by atoms with van der Waals surface area (Å²) in [6.45, 7) is 14.4. The molecule has 2 atom stereocenters. The number of hydrogen-bond donors (Lipinski definition) is 2. The molecule has 10 nitrogen and oxygen atoms in total. The van der Waals surface area contributed by atoms with Crippen molar-refractivity contribution in [2.45, 2.75) is 124 Å². The second-order valence-electron chi connectivity index (χ2n) is 11.7. The van der Waals surface area contributed by atoms with Crippen LogP contribution in [0.15, 0.2) is 42.5 Å². The lowest BCUT2D eigenvalue weighted by Crippen LogP contribution is -2.39. The molecule has 2 rings (SSSR count). The summed E-state index contributed by atoms with van der Waals surface area (Å²) in [6.07, 6.45) is 9.81. The first-order valence-electron chi connectivity index (χ1n) is 14.8. The zero-order valence-electron chi connectivity index (χ0n) is 27.6. The minimum absolute atomic E-state index is 0.00875.